The summed E-state index contributed by atoms with van der Waals surface area (Å²) in [6.07, 6.45) is 1.85. The minimum Gasteiger partial charge on any atom is -0.351 e. The van der Waals surface area contributed by atoms with Gasteiger partial charge in [-0.3, -0.25) is 9.88 Å². The van der Waals surface area contributed by atoms with Gasteiger partial charge in [-0.05, 0) is 34.7 Å². The summed E-state index contributed by atoms with van der Waals surface area (Å²) in [6, 6.07) is 14.0. The maximum atomic E-state index is 4.84. The van der Waals surface area contributed by atoms with E-state index in [4.69, 9.17) is 4.98 Å². The zero-order valence-electron chi connectivity index (χ0n) is 14.2. The second-order valence-corrected chi connectivity index (χ2v) is 6.42. The Kier molecular flexibility index (Phi) is 3.67. The molecule has 0 radical (unpaired) electrons. The standard InChI is InChI=1S/C18H18N8/c1-2-7-16-15(6-1)20-17(18-21-22-23-26(16)18)25-11-9-24(10-12-25)13-14-5-3-4-8-19-14/h1-8H,9-13H2. The van der Waals surface area contributed by atoms with Crippen LogP contribution in [0.4, 0.5) is 5.82 Å². The van der Waals surface area contributed by atoms with Gasteiger partial charge in [0.15, 0.2) is 5.82 Å². The normalized spacial score (nSPS) is 15.8. The summed E-state index contributed by atoms with van der Waals surface area (Å²) < 4.78 is 1.78. The molecule has 26 heavy (non-hydrogen) atoms. The van der Waals surface area contributed by atoms with Gasteiger partial charge in [-0.15, -0.1) is 5.10 Å². The highest BCUT2D eigenvalue weighted by Crippen LogP contribution is 2.23. The molecule has 5 rings (SSSR count). The van der Waals surface area contributed by atoms with Crippen LogP contribution >= 0.6 is 0 Å². The maximum absolute atomic E-state index is 4.84. The van der Waals surface area contributed by atoms with Crippen molar-refractivity contribution in [3.63, 3.8) is 0 Å². The molecule has 0 bridgehead atoms. The van der Waals surface area contributed by atoms with E-state index in [-0.39, 0.29) is 0 Å². The first-order chi connectivity index (χ1) is 12.9. The number of benzene rings is 1. The van der Waals surface area contributed by atoms with Crippen molar-refractivity contribution in [1.29, 1.82) is 0 Å². The molecule has 4 heterocycles. The molecule has 0 amide bonds. The van der Waals surface area contributed by atoms with Gasteiger partial charge in [-0.2, -0.15) is 4.52 Å². The summed E-state index contributed by atoms with van der Waals surface area (Å²) >= 11 is 0. The van der Waals surface area contributed by atoms with Crippen LogP contribution in [0.2, 0.25) is 0 Å². The summed E-state index contributed by atoms with van der Waals surface area (Å²) in [7, 11) is 0. The Bertz CT molecular complexity index is 1040. The van der Waals surface area contributed by atoms with Crippen molar-refractivity contribution in [2.75, 3.05) is 31.1 Å². The second-order valence-electron chi connectivity index (χ2n) is 6.42. The van der Waals surface area contributed by atoms with Crippen molar-refractivity contribution in [3.8, 4) is 0 Å². The molecule has 8 heteroatoms. The number of hydrogen-bond acceptors (Lipinski definition) is 7. The predicted octanol–water partition coefficient (Wildman–Crippen LogP) is 1.39. The molecule has 0 saturated carbocycles. The highest BCUT2D eigenvalue weighted by molar-refractivity contribution is 5.82. The smallest absolute Gasteiger partial charge is 0.222 e. The SMILES string of the molecule is c1ccc(CN2CCN(c3nc4ccccc4n4nnnc34)CC2)nc1. The lowest BCUT2D eigenvalue weighted by molar-refractivity contribution is 0.246. The van der Waals surface area contributed by atoms with E-state index in [0.717, 1.165) is 55.3 Å². The van der Waals surface area contributed by atoms with E-state index in [1.165, 1.54) is 0 Å². The van der Waals surface area contributed by atoms with Gasteiger partial charge in [-0.25, -0.2) is 4.98 Å². The number of tetrazole rings is 1. The van der Waals surface area contributed by atoms with Gasteiger partial charge in [0.2, 0.25) is 5.65 Å². The Labute approximate surface area is 150 Å². The van der Waals surface area contributed by atoms with E-state index in [0.29, 0.717) is 5.65 Å². The summed E-state index contributed by atoms with van der Waals surface area (Å²) in [5.74, 6) is 0.853. The quantitative estimate of drug-likeness (QED) is 0.555. The van der Waals surface area contributed by atoms with Crippen LogP contribution in [0.3, 0.4) is 0 Å². The van der Waals surface area contributed by atoms with Gasteiger partial charge in [-0.1, -0.05) is 18.2 Å². The number of anilines is 1. The van der Waals surface area contributed by atoms with Gasteiger partial charge in [0.25, 0.3) is 0 Å². The highest BCUT2D eigenvalue weighted by atomic mass is 15.5. The number of para-hydroxylation sites is 2. The van der Waals surface area contributed by atoms with E-state index >= 15 is 0 Å². The van der Waals surface area contributed by atoms with Gasteiger partial charge < -0.3 is 4.90 Å². The third-order valence-corrected chi connectivity index (χ3v) is 4.79. The number of pyridine rings is 1. The molecule has 0 unspecified atom stereocenters. The van der Waals surface area contributed by atoms with Crippen LogP contribution in [-0.4, -0.2) is 61.1 Å². The van der Waals surface area contributed by atoms with Crippen molar-refractivity contribution in [2.24, 2.45) is 0 Å². The number of fused-ring (bicyclic) bond motifs is 3. The molecule has 0 aliphatic carbocycles. The minimum atomic E-state index is 0.710. The van der Waals surface area contributed by atoms with Crippen LogP contribution in [0.25, 0.3) is 16.7 Å². The zero-order valence-corrected chi connectivity index (χ0v) is 14.2. The zero-order chi connectivity index (χ0) is 17.3. The molecular formula is C18H18N8. The van der Waals surface area contributed by atoms with Crippen LogP contribution in [-0.2, 0) is 6.54 Å². The number of piperazine rings is 1. The molecule has 4 aromatic rings. The molecule has 1 aliphatic heterocycles. The molecule has 1 aromatic carbocycles. The minimum absolute atomic E-state index is 0.710. The van der Waals surface area contributed by atoms with Crippen LogP contribution in [0.15, 0.2) is 48.7 Å². The summed E-state index contributed by atoms with van der Waals surface area (Å²) in [5, 5.41) is 12.2. The monoisotopic (exact) mass is 346 g/mol. The average molecular weight is 346 g/mol. The fourth-order valence-electron chi connectivity index (χ4n) is 3.44. The lowest BCUT2D eigenvalue weighted by atomic mass is 10.2. The van der Waals surface area contributed by atoms with Crippen molar-refractivity contribution < 1.29 is 0 Å². The van der Waals surface area contributed by atoms with Crippen molar-refractivity contribution >= 4 is 22.5 Å². The molecule has 1 fully saturated rings. The van der Waals surface area contributed by atoms with Crippen molar-refractivity contribution in [3.05, 3.63) is 54.4 Å². The summed E-state index contributed by atoms with van der Waals surface area (Å²) in [6.45, 7) is 4.57. The lowest BCUT2D eigenvalue weighted by Crippen LogP contribution is -2.46. The van der Waals surface area contributed by atoms with Gasteiger partial charge in [0.05, 0.1) is 16.7 Å². The van der Waals surface area contributed by atoms with Crippen LogP contribution in [0.1, 0.15) is 5.69 Å². The Morgan fingerprint density at radius 1 is 0.923 bits per heavy atom. The number of rotatable bonds is 3. The Morgan fingerprint density at radius 3 is 2.62 bits per heavy atom. The van der Waals surface area contributed by atoms with E-state index < -0.39 is 0 Å². The first kappa shape index (κ1) is 15.2. The molecular weight excluding hydrogens is 328 g/mol. The molecule has 0 atom stereocenters. The number of aromatic nitrogens is 6. The molecule has 8 nitrogen and oxygen atoms in total. The fraction of sp³-hybridized carbons (Fsp3) is 0.278. The maximum Gasteiger partial charge on any atom is 0.222 e. The average Bonchev–Trinajstić information content (AvgIpc) is 3.19. The van der Waals surface area contributed by atoms with Gasteiger partial charge >= 0.3 is 0 Å². The first-order valence-electron chi connectivity index (χ1n) is 8.72. The third kappa shape index (κ3) is 2.64. The van der Waals surface area contributed by atoms with E-state index in [2.05, 4.69) is 36.4 Å². The Balaban J connectivity index is 1.40. The van der Waals surface area contributed by atoms with E-state index in [1.54, 1.807) is 4.52 Å². The topological polar surface area (TPSA) is 75.3 Å². The van der Waals surface area contributed by atoms with Gasteiger partial charge in [0, 0.05) is 38.9 Å². The fourth-order valence-corrected chi connectivity index (χ4v) is 3.44. The molecule has 0 spiro atoms. The first-order valence-corrected chi connectivity index (χ1v) is 8.72. The summed E-state index contributed by atoms with van der Waals surface area (Å²) in [4.78, 5) is 13.9. The van der Waals surface area contributed by atoms with Crippen LogP contribution < -0.4 is 4.90 Å². The third-order valence-electron chi connectivity index (χ3n) is 4.79. The molecule has 0 N–H and O–H groups in total. The summed E-state index contributed by atoms with van der Waals surface area (Å²) in [5.41, 5.74) is 3.64. The molecule has 3 aromatic heterocycles. The largest absolute Gasteiger partial charge is 0.351 e. The van der Waals surface area contributed by atoms with E-state index in [9.17, 15) is 0 Å². The molecule has 130 valence electrons. The predicted molar refractivity (Wildman–Crippen MR) is 97.8 cm³/mol. The Hall–Kier alpha value is -3.13. The second kappa shape index (κ2) is 6.30. The van der Waals surface area contributed by atoms with E-state index in [1.807, 2.05) is 42.6 Å². The van der Waals surface area contributed by atoms with Crippen LogP contribution in [0.5, 0.6) is 0 Å². The van der Waals surface area contributed by atoms with Gasteiger partial charge in [0.1, 0.15) is 0 Å². The molecule has 1 saturated heterocycles. The highest BCUT2D eigenvalue weighted by Gasteiger charge is 2.22. The lowest BCUT2D eigenvalue weighted by Gasteiger charge is -2.35. The van der Waals surface area contributed by atoms with Crippen molar-refractivity contribution in [2.45, 2.75) is 6.54 Å². The van der Waals surface area contributed by atoms with Crippen molar-refractivity contribution in [1.82, 2.24) is 34.9 Å². The Morgan fingerprint density at radius 2 is 1.77 bits per heavy atom. The molecule has 1 aliphatic rings. The van der Waals surface area contributed by atoms with Crippen LogP contribution in [0, 0.1) is 0 Å². The number of hydrogen-bond donors (Lipinski definition) is 0. The number of nitrogens with zero attached hydrogens (tertiary/aromatic N) is 8.